The standard InChI is InChI=1S/C13H13FN2O/c1-7-4-10(6-11(14)5-7)12-13(17)16-9(3)8(2)15-12/h4-6H,1-3H3,(H,16,17). The lowest BCUT2D eigenvalue weighted by Crippen LogP contribution is -2.14. The van der Waals surface area contributed by atoms with Crippen LogP contribution >= 0.6 is 0 Å². The van der Waals surface area contributed by atoms with Crippen LogP contribution in [0.2, 0.25) is 0 Å². The Morgan fingerprint density at radius 3 is 2.53 bits per heavy atom. The fraction of sp³-hybridized carbons (Fsp3) is 0.231. The zero-order valence-corrected chi connectivity index (χ0v) is 9.97. The van der Waals surface area contributed by atoms with E-state index in [1.165, 1.54) is 12.1 Å². The van der Waals surface area contributed by atoms with Crippen LogP contribution in [-0.2, 0) is 0 Å². The van der Waals surface area contributed by atoms with Crippen LogP contribution in [-0.4, -0.2) is 9.97 Å². The molecule has 1 aromatic carbocycles. The third-order valence-corrected chi connectivity index (χ3v) is 2.65. The van der Waals surface area contributed by atoms with Gasteiger partial charge in [0.1, 0.15) is 11.5 Å². The maximum Gasteiger partial charge on any atom is 0.274 e. The Bertz CT molecular complexity index is 612. The number of benzene rings is 1. The van der Waals surface area contributed by atoms with Gasteiger partial charge >= 0.3 is 0 Å². The summed E-state index contributed by atoms with van der Waals surface area (Å²) < 4.78 is 13.3. The van der Waals surface area contributed by atoms with Gasteiger partial charge < -0.3 is 4.98 Å². The van der Waals surface area contributed by atoms with Crippen LogP contribution in [0.5, 0.6) is 0 Å². The van der Waals surface area contributed by atoms with Gasteiger partial charge in [0, 0.05) is 11.3 Å². The number of H-pyrrole nitrogens is 1. The van der Waals surface area contributed by atoms with Crippen molar-refractivity contribution < 1.29 is 4.39 Å². The summed E-state index contributed by atoms with van der Waals surface area (Å²) in [6, 6.07) is 4.48. The fourth-order valence-electron chi connectivity index (χ4n) is 1.69. The minimum absolute atomic E-state index is 0.260. The van der Waals surface area contributed by atoms with Crippen LogP contribution in [0, 0.1) is 26.6 Å². The number of aromatic amines is 1. The molecule has 2 rings (SSSR count). The van der Waals surface area contributed by atoms with Crippen molar-refractivity contribution in [2.75, 3.05) is 0 Å². The second kappa shape index (κ2) is 4.13. The Balaban J connectivity index is 2.68. The number of hydrogen-bond acceptors (Lipinski definition) is 2. The number of halogens is 1. The first kappa shape index (κ1) is 11.5. The summed E-state index contributed by atoms with van der Waals surface area (Å²) >= 11 is 0. The van der Waals surface area contributed by atoms with E-state index in [0.717, 1.165) is 17.0 Å². The average molecular weight is 232 g/mol. The minimum Gasteiger partial charge on any atom is -0.323 e. The summed E-state index contributed by atoms with van der Waals surface area (Å²) in [6.45, 7) is 5.37. The van der Waals surface area contributed by atoms with Crippen molar-refractivity contribution in [1.82, 2.24) is 9.97 Å². The molecule has 0 spiro atoms. The van der Waals surface area contributed by atoms with E-state index in [1.807, 2.05) is 0 Å². The van der Waals surface area contributed by atoms with E-state index in [1.54, 1.807) is 26.8 Å². The largest absolute Gasteiger partial charge is 0.323 e. The Morgan fingerprint density at radius 1 is 1.18 bits per heavy atom. The van der Waals surface area contributed by atoms with Crippen LogP contribution in [0.25, 0.3) is 11.3 Å². The molecule has 88 valence electrons. The molecule has 0 aliphatic heterocycles. The molecule has 1 aromatic heterocycles. The van der Waals surface area contributed by atoms with Crippen LogP contribution in [0.3, 0.4) is 0 Å². The first-order valence-electron chi connectivity index (χ1n) is 5.32. The molecule has 0 atom stereocenters. The summed E-state index contributed by atoms with van der Waals surface area (Å²) in [6.07, 6.45) is 0. The number of aromatic nitrogens is 2. The molecule has 0 aliphatic carbocycles. The Kier molecular flexibility index (Phi) is 2.79. The smallest absolute Gasteiger partial charge is 0.274 e. The predicted molar refractivity (Wildman–Crippen MR) is 64.5 cm³/mol. The molecule has 1 heterocycles. The van der Waals surface area contributed by atoms with Crippen molar-refractivity contribution >= 4 is 0 Å². The van der Waals surface area contributed by atoms with E-state index in [4.69, 9.17) is 0 Å². The first-order valence-corrected chi connectivity index (χ1v) is 5.32. The van der Waals surface area contributed by atoms with E-state index in [2.05, 4.69) is 9.97 Å². The molecule has 0 fully saturated rings. The summed E-state index contributed by atoms with van der Waals surface area (Å²) in [5.41, 5.74) is 2.70. The second-order valence-electron chi connectivity index (χ2n) is 4.14. The van der Waals surface area contributed by atoms with Crippen LogP contribution < -0.4 is 5.56 Å². The summed E-state index contributed by atoms with van der Waals surface area (Å²) in [5.74, 6) is -0.362. The molecule has 0 radical (unpaired) electrons. The highest BCUT2D eigenvalue weighted by atomic mass is 19.1. The van der Waals surface area contributed by atoms with Gasteiger partial charge in [0.15, 0.2) is 0 Å². The number of nitrogens with zero attached hydrogens (tertiary/aromatic N) is 1. The number of nitrogens with one attached hydrogen (secondary N) is 1. The van der Waals surface area contributed by atoms with Crippen molar-refractivity contribution in [2.45, 2.75) is 20.8 Å². The van der Waals surface area contributed by atoms with E-state index in [0.29, 0.717) is 5.56 Å². The van der Waals surface area contributed by atoms with Gasteiger partial charge in [-0.2, -0.15) is 0 Å². The lowest BCUT2D eigenvalue weighted by molar-refractivity contribution is 0.627. The maximum atomic E-state index is 13.3. The van der Waals surface area contributed by atoms with E-state index >= 15 is 0 Å². The van der Waals surface area contributed by atoms with E-state index in [-0.39, 0.29) is 17.1 Å². The average Bonchev–Trinajstić information content (AvgIpc) is 2.22. The molecular weight excluding hydrogens is 219 g/mol. The van der Waals surface area contributed by atoms with Gasteiger partial charge in [0.25, 0.3) is 5.56 Å². The van der Waals surface area contributed by atoms with Crippen LogP contribution in [0.1, 0.15) is 17.0 Å². The predicted octanol–water partition coefficient (Wildman–Crippen LogP) is 2.50. The Hall–Kier alpha value is -1.97. The van der Waals surface area contributed by atoms with Gasteiger partial charge in [-0.1, -0.05) is 0 Å². The lowest BCUT2D eigenvalue weighted by Gasteiger charge is -2.05. The summed E-state index contributed by atoms with van der Waals surface area (Å²) in [4.78, 5) is 18.7. The van der Waals surface area contributed by atoms with Gasteiger partial charge in [-0.05, 0) is 44.5 Å². The number of aryl methyl sites for hydroxylation is 3. The van der Waals surface area contributed by atoms with Crippen LogP contribution in [0.4, 0.5) is 4.39 Å². The van der Waals surface area contributed by atoms with Crippen molar-refractivity contribution in [1.29, 1.82) is 0 Å². The lowest BCUT2D eigenvalue weighted by atomic mass is 10.1. The van der Waals surface area contributed by atoms with Crippen LogP contribution in [0.15, 0.2) is 23.0 Å². The molecule has 2 aromatic rings. The van der Waals surface area contributed by atoms with Gasteiger partial charge in [0.05, 0.1) is 5.69 Å². The molecule has 0 amide bonds. The Morgan fingerprint density at radius 2 is 1.88 bits per heavy atom. The van der Waals surface area contributed by atoms with E-state index in [9.17, 15) is 9.18 Å². The van der Waals surface area contributed by atoms with Crippen molar-refractivity contribution in [3.05, 3.63) is 51.3 Å². The SMILES string of the molecule is Cc1cc(F)cc(-c2nc(C)c(C)[nH]c2=O)c1. The van der Waals surface area contributed by atoms with Crippen molar-refractivity contribution in [2.24, 2.45) is 0 Å². The van der Waals surface area contributed by atoms with Gasteiger partial charge in [-0.15, -0.1) is 0 Å². The molecule has 0 unspecified atom stereocenters. The number of hydrogen-bond donors (Lipinski definition) is 1. The quantitative estimate of drug-likeness (QED) is 0.821. The zero-order chi connectivity index (χ0) is 12.6. The summed E-state index contributed by atoms with van der Waals surface area (Å²) in [7, 11) is 0. The molecule has 1 N–H and O–H groups in total. The van der Waals surface area contributed by atoms with Gasteiger partial charge in [0.2, 0.25) is 0 Å². The highest BCUT2D eigenvalue weighted by Crippen LogP contribution is 2.17. The van der Waals surface area contributed by atoms with Gasteiger partial charge in [-0.3, -0.25) is 4.79 Å². The van der Waals surface area contributed by atoms with Crippen molar-refractivity contribution in [3.8, 4) is 11.3 Å². The second-order valence-corrected chi connectivity index (χ2v) is 4.14. The maximum absolute atomic E-state index is 13.3. The molecule has 4 heteroatoms. The molecular formula is C13H13FN2O. The third-order valence-electron chi connectivity index (χ3n) is 2.65. The molecule has 0 aliphatic rings. The first-order chi connectivity index (χ1) is 7.97. The molecule has 0 saturated heterocycles. The minimum atomic E-state index is -0.362. The third kappa shape index (κ3) is 2.25. The van der Waals surface area contributed by atoms with Gasteiger partial charge in [-0.25, -0.2) is 9.37 Å². The zero-order valence-electron chi connectivity index (χ0n) is 9.97. The Labute approximate surface area is 98.3 Å². The topological polar surface area (TPSA) is 45.8 Å². The van der Waals surface area contributed by atoms with Crippen molar-refractivity contribution in [3.63, 3.8) is 0 Å². The number of rotatable bonds is 1. The molecule has 3 nitrogen and oxygen atoms in total. The molecule has 0 saturated carbocycles. The molecule has 0 bridgehead atoms. The fourth-order valence-corrected chi connectivity index (χ4v) is 1.69. The summed E-state index contributed by atoms with van der Waals surface area (Å²) in [5, 5.41) is 0. The monoisotopic (exact) mass is 232 g/mol. The highest BCUT2D eigenvalue weighted by Gasteiger charge is 2.09. The molecule has 17 heavy (non-hydrogen) atoms. The van der Waals surface area contributed by atoms with E-state index < -0.39 is 0 Å². The highest BCUT2D eigenvalue weighted by molar-refractivity contribution is 5.59. The normalized spacial score (nSPS) is 10.6.